The van der Waals surface area contributed by atoms with E-state index in [4.69, 9.17) is 9.79 Å². The third kappa shape index (κ3) is 2.39. The highest BCUT2D eigenvalue weighted by Gasteiger charge is 2.13. The maximum absolute atomic E-state index is 9.80. The molecule has 0 unspecified atom stereocenters. The first-order valence-corrected chi connectivity index (χ1v) is 3.06. The maximum Gasteiger partial charge on any atom is 0.371 e. The number of rotatable bonds is 1. The maximum atomic E-state index is 9.80. The van der Waals surface area contributed by atoms with Crippen molar-refractivity contribution in [2.45, 2.75) is 0 Å². The lowest BCUT2D eigenvalue weighted by atomic mass is 11.1. The third-order valence-corrected chi connectivity index (χ3v) is 1.12. The van der Waals surface area contributed by atoms with Crippen LogP contribution in [0.4, 0.5) is 0 Å². The molecule has 42 valence electrons. The summed E-state index contributed by atoms with van der Waals surface area (Å²) in [6, 6.07) is 0. The second-order valence-corrected chi connectivity index (χ2v) is 2.70. The zero-order chi connectivity index (χ0) is 6.08. The Morgan fingerprint density at radius 1 is 1.71 bits per heavy atom. The molecule has 0 amide bonds. The largest absolute Gasteiger partial charge is 0.393 e. The minimum Gasteiger partial charge on any atom is -0.393 e. The quantitative estimate of drug-likeness (QED) is 0.414. The molecule has 0 spiro atoms. The van der Waals surface area contributed by atoms with E-state index >= 15 is 0 Å². The van der Waals surface area contributed by atoms with E-state index in [1.54, 1.807) is 0 Å². The van der Waals surface area contributed by atoms with Gasteiger partial charge in [-0.15, -0.1) is 0 Å². The Morgan fingerprint density at radius 3 is 1.86 bits per heavy atom. The zero-order valence-corrected chi connectivity index (χ0v) is 4.43. The minimum atomic E-state index is -4.15. The molecule has 4 nitrogen and oxygen atoms in total. The van der Waals surface area contributed by atoms with Crippen molar-refractivity contribution in [2.24, 2.45) is 5.73 Å². The highest BCUT2D eigenvalue weighted by Crippen LogP contribution is 2.39. The fourth-order valence-electron chi connectivity index (χ4n) is 0. The first kappa shape index (κ1) is 6.69. The smallest absolute Gasteiger partial charge is 0.371 e. The molecule has 0 aliphatic carbocycles. The molecule has 0 aliphatic rings. The van der Waals surface area contributed by atoms with Crippen LogP contribution in [0.25, 0.3) is 0 Å². The van der Waals surface area contributed by atoms with Crippen molar-refractivity contribution in [1.82, 2.24) is 0 Å². The molecule has 0 saturated carbocycles. The van der Waals surface area contributed by atoms with Gasteiger partial charge in [-0.2, -0.15) is 0 Å². The van der Waals surface area contributed by atoms with Crippen LogP contribution in [0, 0.1) is 0 Å². The highest BCUT2D eigenvalue weighted by atomic mass is 31.2. The summed E-state index contributed by atoms with van der Waals surface area (Å²) in [5.41, 5.74) is 4.02. The molecule has 0 aromatic carbocycles. The normalized spacial score (nSPS) is 11.1. The van der Waals surface area contributed by atoms with Crippen molar-refractivity contribution in [3.8, 4) is 0 Å². The summed E-state index contributed by atoms with van der Waals surface area (Å²) in [7, 11) is -4.15. The van der Waals surface area contributed by atoms with Gasteiger partial charge in [-0.3, -0.25) is 4.57 Å². The molecule has 4 N–H and O–H groups in total. The summed E-state index contributed by atoms with van der Waals surface area (Å²) in [6.45, 7) is 2.84. The molecule has 0 saturated heterocycles. The molecule has 0 bridgehead atoms. The van der Waals surface area contributed by atoms with Gasteiger partial charge in [0.15, 0.2) is 0 Å². The molecule has 0 fully saturated rings. The molecule has 0 atom stereocenters. The van der Waals surface area contributed by atoms with E-state index in [-0.39, 0.29) is 0 Å². The number of hydrogen-bond acceptors (Lipinski definition) is 2. The van der Waals surface area contributed by atoms with Gasteiger partial charge in [0.05, 0.1) is 0 Å². The third-order valence-electron chi connectivity index (χ3n) is 0.374. The van der Waals surface area contributed by atoms with Gasteiger partial charge >= 0.3 is 7.60 Å². The summed E-state index contributed by atoms with van der Waals surface area (Å²) >= 11 is 0. The lowest BCUT2D eigenvalue weighted by Crippen LogP contribution is -1.94. The topological polar surface area (TPSA) is 83.6 Å². The Balaban J connectivity index is 4.09. The lowest BCUT2D eigenvalue weighted by Gasteiger charge is -1.97. The number of hydrogen-bond donors (Lipinski definition) is 3. The Bertz CT molecular complexity index is 125. The monoisotopic (exact) mass is 123 g/mol. The van der Waals surface area contributed by atoms with Crippen LogP contribution in [0.3, 0.4) is 0 Å². The average Bonchev–Trinajstić information content (AvgIpc) is 1.31. The molecule has 0 aromatic rings. The van der Waals surface area contributed by atoms with E-state index in [9.17, 15) is 4.57 Å². The van der Waals surface area contributed by atoms with Crippen molar-refractivity contribution >= 4 is 7.60 Å². The predicted molar refractivity (Wildman–Crippen MR) is 25.4 cm³/mol. The first-order chi connectivity index (χ1) is 2.94. The molecule has 0 heterocycles. The Labute approximate surface area is 40.8 Å². The fraction of sp³-hybridized carbons (Fsp3) is 0. The van der Waals surface area contributed by atoms with Crippen LogP contribution >= 0.6 is 7.60 Å². The second kappa shape index (κ2) is 1.66. The van der Waals surface area contributed by atoms with Gasteiger partial charge < -0.3 is 15.5 Å². The van der Waals surface area contributed by atoms with Crippen LogP contribution in [0.15, 0.2) is 12.0 Å². The molecule has 0 rings (SSSR count). The highest BCUT2D eigenvalue weighted by molar-refractivity contribution is 7.56. The fourth-order valence-corrected chi connectivity index (χ4v) is 0. The standard InChI is InChI=1S/C2H6NO3P/c1-2(3)7(4,5)6/h1,3H2,(H2,4,5,6). The SMILES string of the molecule is C=C(N)P(=O)(O)O. The van der Waals surface area contributed by atoms with Crippen LogP contribution < -0.4 is 5.73 Å². The van der Waals surface area contributed by atoms with Crippen LogP contribution in [0.2, 0.25) is 0 Å². The average molecular weight is 123 g/mol. The van der Waals surface area contributed by atoms with E-state index in [0.717, 1.165) is 0 Å². The summed E-state index contributed by atoms with van der Waals surface area (Å²) in [4.78, 5) is 16.0. The van der Waals surface area contributed by atoms with Gasteiger partial charge in [0.1, 0.15) is 5.44 Å². The van der Waals surface area contributed by atoms with Crippen LogP contribution in [-0.2, 0) is 4.57 Å². The first-order valence-electron chi connectivity index (χ1n) is 1.45. The van der Waals surface area contributed by atoms with Gasteiger partial charge in [0, 0.05) is 0 Å². The molecule has 0 aliphatic heterocycles. The van der Waals surface area contributed by atoms with Crippen molar-refractivity contribution in [3.05, 3.63) is 12.0 Å². The zero-order valence-electron chi connectivity index (χ0n) is 3.53. The molecular formula is C2H6NO3P. The molecular weight excluding hydrogens is 117 g/mol. The van der Waals surface area contributed by atoms with E-state index < -0.39 is 13.0 Å². The molecule has 0 aromatic heterocycles. The van der Waals surface area contributed by atoms with Crippen LogP contribution in [0.1, 0.15) is 0 Å². The molecule has 7 heavy (non-hydrogen) atoms. The minimum absolute atomic E-state index is 0.590. The van der Waals surface area contributed by atoms with E-state index in [1.807, 2.05) is 0 Å². The molecule has 0 radical (unpaired) electrons. The van der Waals surface area contributed by atoms with Gasteiger partial charge in [-0.25, -0.2) is 0 Å². The van der Waals surface area contributed by atoms with Crippen molar-refractivity contribution < 1.29 is 14.4 Å². The van der Waals surface area contributed by atoms with Crippen LogP contribution in [-0.4, -0.2) is 9.79 Å². The van der Waals surface area contributed by atoms with Crippen LogP contribution in [0.5, 0.6) is 0 Å². The van der Waals surface area contributed by atoms with E-state index in [2.05, 4.69) is 12.3 Å². The Hall–Kier alpha value is -0.310. The van der Waals surface area contributed by atoms with Crippen molar-refractivity contribution in [1.29, 1.82) is 0 Å². The molecule has 5 heteroatoms. The lowest BCUT2D eigenvalue weighted by molar-refractivity contribution is 0.382. The van der Waals surface area contributed by atoms with Gasteiger partial charge in [0.25, 0.3) is 0 Å². The summed E-state index contributed by atoms with van der Waals surface area (Å²) < 4.78 is 9.80. The van der Waals surface area contributed by atoms with Gasteiger partial charge in [-0.05, 0) is 0 Å². The van der Waals surface area contributed by atoms with E-state index in [0.29, 0.717) is 0 Å². The number of nitrogens with two attached hydrogens (primary N) is 1. The van der Waals surface area contributed by atoms with Crippen molar-refractivity contribution in [3.63, 3.8) is 0 Å². The Morgan fingerprint density at radius 2 is 1.86 bits per heavy atom. The summed E-state index contributed by atoms with van der Waals surface area (Å²) in [5.74, 6) is 0. The second-order valence-electron chi connectivity index (χ2n) is 1.04. The Kier molecular flexibility index (Phi) is 1.58. The van der Waals surface area contributed by atoms with Gasteiger partial charge in [-0.1, -0.05) is 6.58 Å². The van der Waals surface area contributed by atoms with Gasteiger partial charge in [0.2, 0.25) is 0 Å². The summed E-state index contributed by atoms with van der Waals surface area (Å²) in [5, 5.41) is 0. The van der Waals surface area contributed by atoms with E-state index in [1.165, 1.54) is 0 Å². The predicted octanol–water partition coefficient (Wildman–Crippen LogP) is -0.406. The van der Waals surface area contributed by atoms with Crippen molar-refractivity contribution in [2.75, 3.05) is 0 Å². The summed E-state index contributed by atoms with van der Waals surface area (Å²) in [6.07, 6.45) is 0.